The van der Waals surface area contributed by atoms with Crippen molar-refractivity contribution < 1.29 is 4.79 Å². The third-order valence-corrected chi connectivity index (χ3v) is 1.92. The molecule has 0 aromatic rings. The molecule has 2 heteroatoms. The van der Waals surface area contributed by atoms with Crippen LogP contribution in [-0.2, 0) is 4.79 Å². The molecule has 0 aliphatic heterocycles. The number of aldehydes is 1. The van der Waals surface area contributed by atoms with E-state index in [4.69, 9.17) is 0 Å². The van der Waals surface area contributed by atoms with Crippen molar-refractivity contribution in [1.29, 1.82) is 0 Å². The number of alkyl halides is 1. The number of rotatable bonds is 6. The lowest BCUT2D eigenvalue weighted by Crippen LogP contribution is -1.98. The van der Waals surface area contributed by atoms with Gasteiger partial charge >= 0.3 is 0 Å². The van der Waals surface area contributed by atoms with E-state index in [1.54, 1.807) is 0 Å². The fourth-order valence-corrected chi connectivity index (χ4v) is 0.991. The number of carbonyl (C=O) groups excluding carboxylic acids is 1. The number of unbranched alkanes of at least 4 members (excludes halogenated alkanes) is 3. The molecule has 0 amide bonds. The van der Waals surface area contributed by atoms with Crippen molar-refractivity contribution in [2.45, 2.75) is 37.4 Å². The van der Waals surface area contributed by atoms with E-state index in [9.17, 15) is 4.79 Å². The predicted octanol–water partition coefficient (Wildman–Crippen LogP) is 2.73. The number of hydrogen-bond acceptors (Lipinski definition) is 1. The first kappa shape index (κ1) is 10.2. The maximum absolute atomic E-state index is 10.1. The molecule has 0 spiro atoms. The summed E-state index contributed by atoms with van der Waals surface area (Å²) < 4.78 is 0. The van der Waals surface area contributed by atoms with Gasteiger partial charge in [-0.05, 0) is 12.8 Å². The third-order valence-electron chi connectivity index (χ3n) is 1.33. The van der Waals surface area contributed by atoms with Crippen molar-refractivity contribution in [3.05, 3.63) is 6.42 Å². The van der Waals surface area contributed by atoms with Gasteiger partial charge in [0.15, 0.2) is 0 Å². The van der Waals surface area contributed by atoms with Crippen LogP contribution in [0.5, 0.6) is 0 Å². The molecule has 10 heavy (non-hydrogen) atoms. The second-order valence-corrected chi connectivity index (χ2v) is 3.37. The Hall–Kier alpha value is 0.150. The van der Waals surface area contributed by atoms with E-state index >= 15 is 0 Å². The Labute approximate surface area is 71.3 Å². The van der Waals surface area contributed by atoms with E-state index < -0.39 is 0 Å². The lowest BCUT2D eigenvalue weighted by molar-refractivity contribution is -0.106. The van der Waals surface area contributed by atoms with E-state index in [1.807, 2.05) is 6.42 Å². The minimum Gasteiger partial charge on any atom is -0.302 e. The molecular formula is C8H14BrO. The Morgan fingerprint density at radius 3 is 2.70 bits per heavy atom. The minimum atomic E-state index is -0.0376. The second kappa shape index (κ2) is 7.26. The molecule has 0 rings (SSSR count). The summed E-state index contributed by atoms with van der Waals surface area (Å²) in [5, 5.41) is 0. The molecule has 0 heterocycles. The second-order valence-electron chi connectivity index (χ2n) is 2.31. The van der Waals surface area contributed by atoms with Crippen molar-refractivity contribution in [1.82, 2.24) is 0 Å². The van der Waals surface area contributed by atoms with Crippen molar-refractivity contribution in [3.63, 3.8) is 0 Å². The van der Waals surface area contributed by atoms with Gasteiger partial charge in [-0.15, -0.1) is 0 Å². The minimum absolute atomic E-state index is 0.0376. The average molecular weight is 206 g/mol. The molecule has 0 aromatic heterocycles. The molecule has 0 aliphatic carbocycles. The smallest absolute Gasteiger partial charge is 0.133 e. The highest BCUT2D eigenvalue weighted by Crippen LogP contribution is 2.08. The molecular weight excluding hydrogens is 192 g/mol. The Kier molecular flexibility index (Phi) is 7.37. The van der Waals surface area contributed by atoms with Gasteiger partial charge in [0.2, 0.25) is 0 Å². The van der Waals surface area contributed by atoms with Crippen molar-refractivity contribution in [3.8, 4) is 0 Å². The van der Waals surface area contributed by atoms with Gasteiger partial charge in [-0.2, -0.15) is 0 Å². The number of halogens is 1. The normalized spacial score (nSPS) is 13.0. The molecule has 0 saturated heterocycles. The summed E-state index contributed by atoms with van der Waals surface area (Å²) in [4.78, 5) is 10.1. The molecule has 1 nitrogen and oxygen atoms in total. The lowest BCUT2D eigenvalue weighted by Gasteiger charge is -1.99. The Morgan fingerprint density at radius 2 is 2.20 bits per heavy atom. The van der Waals surface area contributed by atoms with Crippen LogP contribution in [0, 0.1) is 6.42 Å². The topological polar surface area (TPSA) is 17.1 Å². The summed E-state index contributed by atoms with van der Waals surface area (Å²) >= 11 is 3.21. The highest BCUT2D eigenvalue weighted by molar-refractivity contribution is 9.10. The molecule has 0 fully saturated rings. The maximum atomic E-state index is 10.1. The molecule has 0 bridgehead atoms. The van der Waals surface area contributed by atoms with Gasteiger partial charge in [-0.3, -0.25) is 0 Å². The zero-order valence-corrected chi connectivity index (χ0v) is 7.93. The molecule has 1 atom stereocenters. The highest BCUT2D eigenvalue weighted by Gasteiger charge is 1.99. The average Bonchev–Trinajstić information content (AvgIpc) is 1.98. The van der Waals surface area contributed by atoms with Crippen LogP contribution in [0.15, 0.2) is 0 Å². The molecule has 1 unspecified atom stereocenters. The molecule has 1 radical (unpaired) electrons. The third kappa shape index (κ3) is 6.27. The van der Waals surface area contributed by atoms with Gasteiger partial charge in [0.1, 0.15) is 6.29 Å². The lowest BCUT2D eigenvalue weighted by atomic mass is 10.1. The summed E-state index contributed by atoms with van der Waals surface area (Å²) in [6.45, 7) is 2.17. The van der Waals surface area contributed by atoms with Crippen LogP contribution in [0.2, 0.25) is 0 Å². The monoisotopic (exact) mass is 205 g/mol. The van der Waals surface area contributed by atoms with Gasteiger partial charge in [-0.1, -0.05) is 42.1 Å². The van der Waals surface area contributed by atoms with E-state index in [0.29, 0.717) is 0 Å². The summed E-state index contributed by atoms with van der Waals surface area (Å²) in [6, 6.07) is 0. The zero-order valence-electron chi connectivity index (χ0n) is 6.35. The first-order valence-corrected chi connectivity index (χ1v) is 4.65. The van der Waals surface area contributed by atoms with Crippen LogP contribution in [-0.4, -0.2) is 11.1 Å². The fraction of sp³-hybridized carbons (Fsp3) is 0.750. The summed E-state index contributed by atoms with van der Waals surface area (Å²) in [5.74, 6) is 0. The quantitative estimate of drug-likeness (QED) is 0.371. The largest absolute Gasteiger partial charge is 0.302 e. The van der Waals surface area contributed by atoms with Crippen LogP contribution < -0.4 is 0 Å². The van der Waals surface area contributed by atoms with Crippen LogP contribution >= 0.6 is 15.9 Å². The standard InChI is InChI=1S/C8H14BrO/c1-2-3-4-5-6-8(9)7-10/h6-8H,2-5H2,1H3. The Balaban J connectivity index is 2.95. The molecule has 0 aliphatic rings. The van der Waals surface area contributed by atoms with Crippen LogP contribution in [0.25, 0.3) is 0 Å². The van der Waals surface area contributed by atoms with Crippen LogP contribution in [0.3, 0.4) is 0 Å². The number of hydrogen-bond donors (Lipinski definition) is 0. The van der Waals surface area contributed by atoms with Crippen molar-refractivity contribution in [2.24, 2.45) is 0 Å². The van der Waals surface area contributed by atoms with Gasteiger partial charge in [-0.25, -0.2) is 0 Å². The predicted molar refractivity (Wildman–Crippen MR) is 47.2 cm³/mol. The van der Waals surface area contributed by atoms with E-state index in [1.165, 1.54) is 19.3 Å². The molecule has 0 N–H and O–H groups in total. The molecule has 0 saturated carbocycles. The van der Waals surface area contributed by atoms with Gasteiger partial charge in [0, 0.05) is 0 Å². The van der Waals surface area contributed by atoms with Gasteiger partial charge < -0.3 is 4.79 Å². The highest BCUT2D eigenvalue weighted by atomic mass is 79.9. The van der Waals surface area contributed by atoms with Gasteiger partial charge in [0.25, 0.3) is 0 Å². The first-order valence-electron chi connectivity index (χ1n) is 3.74. The molecule has 0 aromatic carbocycles. The van der Waals surface area contributed by atoms with Gasteiger partial charge in [0.05, 0.1) is 4.83 Å². The molecule has 59 valence electrons. The maximum Gasteiger partial charge on any atom is 0.133 e. The summed E-state index contributed by atoms with van der Waals surface area (Å²) in [5.41, 5.74) is 0. The SMILES string of the molecule is CCCCC[CH]C(Br)C=O. The van der Waals surface area contributed by atoms with Crippen molar-refractivity contribution >= 4 is 22.2 Å². The van der Waals surface area contributed by atoms with Crippen LogP contribution in [0.4, 0.5) is 0 Å². The zero-order chi connectivity index (χ0) is 7.82. The first-order chi connectivity index (χ1) is 4.81. The van der Waals surface area contributed by atoms with Crippen LogP contribution in [0.1, 0.15) is 32.6 Å². The summed E-state index contributed by atoms with van der Waals surface area (Å²) in [6.07, 6.45) is 7.65. The summed E-state index contributed by atoms with van der Waals surface area (Å²) in [7, 11) is 0. The number of carbonyl (C=O) groups is 1. The Bertz CT molecular complexity index is 83.3. The Morgan fingerprint density at radius 1 is 1.50 bits per heavy atom. The fourth-order valence-electron chi connectivity index (χ4n) is 0.727. The van der Waals surface area contributed by atoms with E-state index in [0.717, 1.165) is 12.7 Å². The van der Waals surface area contributed by atoms with E-state index in [2.05, 4.69) is 22.9 Å². The van der Waals surface area contributed by atoms with E-state index in [-0.39, 0.29) is 4.83 Å². The van der Waals surface area contributed by atoms with Crippen molar-refractivity contribution in [2.75, 3.05) is 0 Å².